The van der Waals surface area contributed by atoms with Crippen LogP contribution in [0.3, 0.4) is 0 Å². The van der Waals surface area contributed by atoms with Gasteiger partial charge in [0, 0.05) is 12.8 Å². The predicted octanol–water partition coefficient (Wildman–Crippen LogP) is 3.13. The lowest BCUT2D eigenvalue weighted by Gasteiger charge is -2.34. The normalized spacial score (nSPS) is 23.8. The molecule has 18 heavy (non-hydrogen) atoms. The minimum atomic E-state index is -2.67. The Morgan fingerprint density at radius 2 is 1.89 bits per heavy atom. The van der Waals surface area contributed by atoms with E-state index in [4.69, 9.17) is 11.6 Å². The molecular formula is C12H11ClF2N2O. The maximum atomic E-state index is 13.2. The molecule has 96 valence electrons. The zero-order valence-corrected chi connectivity index (χ0v) is 10.2. The van der Waals surface area contributed by atoms with Gasteiger partial charge in [-0.3, -0.25) is 4.79 Å². The second-order valence-electron chi connectivity index (χ2n) is 4.92. The summed E-state index contributed by atoms with van der Waals surface area (Å²) in [6.45, 7) is 0. The van der Waals surface area contributed by atoms with Crippen LogP contribution in [0.15, 0.2) is 12.1 Å². The number of anilines is 1. The first-order chi connectivity index (χ1) is 8.43. The number of hydrogen-bond acceptors (Lipinski definition) is 2. The number of nitrogens with one attached hydrogen (secondary N) is 1. The minimum absolute atomic E-state index is 0.117. The number of carbonyl (C=O) groups excluding carboxylic acids is 1. The lowest BCUT2D eigenvalue weighted by atomic mass is 9.71. The zero-order chi connectivity index (χ0) is 13.0. The molecule has 1 saturated carbocycles. The number of fused-ring (bicyclic) bond motifs is 2. The van der Waals surface area contributed by atoms with E-state index in [-0.39, 0.29) is 36.7 Å². The summed E-state index contributed by atoms with van der Waals surface area (Å²) in [7, 11) is 0. The van der Waals surface area contributed by atoms with Crippen LogP contribution in [0.2, 0.25) is 5.15 Å². The maximum absolute atomic E-state index is 13.2. The number of alkyl halides is 2. The number of halogens is 3. The molecule has 6 heteroatoms. The van der Waals surface area contributed by atoms with E-state index in [9.17, 15) is 13.6 Å². The van der Waals surface area contributed by atoms with Crippen LogP contribution >= 0.6 is 11.6 Å². The van der Waals surface area contributed by atoms with Crippen molar-refractivity contribution in [2.24, 2.45) is 0 Å². The number of carbonyl (C=O) groups is 1. The summed E-state index contributed by atoms with van der Waals surface area (Å²) in [6, 6.07) is 3.25. The van der Waals surface area contributed by atoms with Crippen molar-refractivity contribution >= 4 is 23.2 Å². The van der Waals surface area contributed by atoms with Crippen molar-refractivity contribution in [3.63, 3.8) is 0 Å². The van der Waals surface area contributed by atoms with Crippen LogP contribution in [0.25, 0.3) is 0 Å². The van der Waals surface area contributed by atoms with Crippen molar-refractivity contribution in [1.29, 1.82) is 0 Å². The van der Waals surface area contributed by atoms with Crippen LogP contribution in [-0.2, 0) is 10.2 Å². The maximum Gasteiger partial charge on any atom is 0.248 e. The molecule has 1 aromatic rings. The molecule has 0 unspecified atom stereocenters. The highest BCUT2D eigenvalue weighted by Crippen LogP contribution is 2.50. The molecule has 2 aliphatic rings. The smallest absolute Gasteiger partial charge is 0.248 e. The quantitative estimate of drug-likeness (QED) is 0.737. The summed E-state index contributed by atoms with van der Waals surface area (Å²) in [5.41, 5.74) is 0.201. The molecule has 1 aliphatic carbocycles. The molecule has 3 rings (SSSR count). The van der Waals surface area contributed by atoms with E-state index in [2.05, 4.69) is 10.3 Å². The highest BCUT2D eigenvalue weighted by atomic mass is 35.5. The van der Waals surface area contributed by atoms with Crippen LogP contribution < -0.4 is 5.32 Å². The molecule has 1 fully saturated rings. The van der Waals surface area contributed by atoms with Crippen molar-refractivity contribution in [3.05, 3.63) is 23.0 Å². The lowest BCUT2D eigenvalue weighted by Crippen LogP contribution is -2.42. The molecule has 0 radical (unpaired) electrons. The number of nitrogens with zero attached hydrogens (tertiary/aromatic N) is 1. The average molecular weight is 273 g/mol. The molecule has 1 amide bonds. The van der Waals surface area contributed by atoms with Crippen molar-refractivity contribution < 1.29 is 13.6 Å². The number of aromatic nitrogens is 1. The number of pyridine rings is 1. The fraction of sp³-hybridized carbons (Fsp3) is 0.500. The van der Waals surface area contributed by atoms with Crippen molar-refractivity contribution in [2.45, 2.75) is 37.0 Å². The molecule has 0 aromatic carbocycles. The van der Waals surface area contributed by atoms with Gasteiger partial charge in [0.05, 0.1) is 16.8 Å². The molecular weight excluding hydrogens is 262 g/mol. The van der Waals surface area contributed by atoms with Crippen molar-refractivity contribution in [2.75, 3.05) is 5.32 Å². The summed E-state index contributed by atoms with van der Waals surface area (Å²) >= 11 is 5.83. The molecule has 1 spiro atoms. The third-order valence-corrected chi connectivity index (χ3v) is 4.04. The van der Waals surface area contributed by atoms with Crippen LogP contribution in [0, 0.1) is 0 Å². The van der Waals surface area contributed by atoms with Gasteiger partial charge in [-0.15, -0.1) is 0 Å². The van der Waals surface area contributed by atoms with E-state index in [0.717, 1.165) is 0 Å². The van der Waals surface area contributed by atoms with E-state index in [0.29, 0.717) is 11.4 Å². The highest BCUT2D eigenvalue weighted by Gasteiger charge is 2.53. The number of hydrogen-bond donors (Lipinski definition) is 1. The van der Waals surface area contributed by atoms with Crippen LogP contribution in [0.4, 0.5) is 14.5 Å². The SMILES string of the molecule is O=C1Nc2ccc(Cl)nc2C12CCC(F)(F)CC2. The molecule has 0 saturated heterocycles. The van der Waals surface area contributed by atoms with Gasteiger partial charge in [0.15, 0.2) is 0 Å². The first kappa shape index (κ1) is 11.8. The first-order valence-corrected chi connectivity index (χ1v) is 6.17. The third-order valence-electron chi connectivity index (χ3n) is 3.83. The number of amides is 1. The molecule has 2 heterocycles. The summed E-state index contributed by atoms with van der Waals surface area (Å²) < 4.78 is 26.5. The summed E-state index contributed by atoms with van der Waals surface area (Å²) in [5, 5.41) is 2.99. The second-order valence-corrected chi connectivity index (χ2v) is 5.31. The van der Waals surface area contributed by atoms with E-state index >= 15 is 0 Å². The summed E-state index contributed by atoms with van der Waals surface area (Å²) in [6.07, 6.45) is -0.333. The Labute approximate surface area is 108 Å². The van der Waals surface area contributed by atoms with Crippen LogP contribution in [-0.4, -0.2) is 16.8 Å². The average Bonchev–Trinajstić information content (AvgIpc) is 2.57. The van der Waals surface area contributed by atoms with Gasteiger partial charge in [0.25, 0.3) is 0 Å². The Balaban J connectivity index is 2.04. The molecule has 1 aliphatic heterocycles. The lowest BCUT2D eigenvalue weighted by molar-refractivity contribution is -0.126. The van der Waals surface area contributed by atoms with Crippen LogP contribution in [0.1, 0.15) is 31.4 Å². The molecule has 1 N–H and O–H groups in total. The largest absolute Gasteiger partial charge is 0.324 e. The summed E-state index contributed by atoms with van der Waals surface area (Å²) in [5.74, 6) is -2.91. The van der Waals surface area contributed by atoms with Crippen LogP contribution in [0.5, 0.6) is 0 Å². The summed E-state index contributed by atoms with van der Waals surface area (Å²) in [4.78, 5) is 16.3. The fourth-order valence-corrected chi connectivity index (χ4v) is 2.90. The van der Waals surface area contributed by atoms with Gasteiger partial charge in [0.1, 0.15) is 5.15 Å². The standard InChI is InChI=1S/C12H11ClF2N2O/c13-8-2-1-7-9(17-8)11(10(18)16-7)3-5-12(14,15)6-4-11/h1-2H,3-6H2,(H,16,18). The highest BCUT2D eigenvalue weighted by molar-refractivity contribution is 6.29. The fourth-order valence-electron chi connectivity index (χ4n) is 2.76. The Kier molecular flexibility index (Phi) is 2.39. The van der Waals surface area contributed by atoms with Gasteiger partial charge in [0.2, 0.25) is 11.8 Å². The van der Waals surface area contributed by atoms with E-state index in [1.165, 1.54) is 0 Å². The minimum Gasteiger partial charge on any atom is -0.324 e. The third kappa shape index (κ3) is 1.61. The van der Waals surface area contributed by atoms with Gasteiger partial charge < -0.3 is 5.32 Å². The van der Waals surface area contributed by atoms with Crippen molar-refractivity contribution in [1.82, 2.24) is 4.98 Å². The second kappa shape index (κ2) is 3.63. The Morgan fingerprint density at radius 3 is 2.56 bits per heavy atom. The van der Waals surface area contributed by atoms with E-state index < -0.39 is 11.3 Å². The Hall–Kier alpha value is -1.23. The molecule has 0 atom stereocenters. The number of rotatable bonds is 0. The predicted molar refractivity (Wildman–Crippen MR) is 63.0 cm³/mol. The van der Waals surface area contributed by atoms with E-state index in [1.807, 2.05) is 0 Å². The van der Waals surface area contributed by atoms with Gasteiger partial charge in [-0.25, -0.2) is 13.8 Å². The zero-order valence-electron chi connectivity index (χ0n) is 9.47. The van der Waals surface area contributed by atoms with Gasteiger partial charge in [-0.2, -0.15) is 0 Å². The monoisotopic (exact) mass is 272 g/mol. The molecule has 1 aromatic heterocycles. The molecule has 0 bridgehead atoms. The van der Waals surface area contributed by atoms with Crippen molar-refractivity contribution in [3.8, 4) is 0 Å². The Morgan fingerprint density at radius 1 is 1.22 bits per heavy atom. The topological polar surface area (TPSA) is 42.0 Å². The van der Waals surface area contributed by atoms with Gasteiger partial charge >= 0.3 is 0 Å². The molecule has 3 nitrogen and oxygen atoms in total. The Bertz CT molecular complexity index is 523. The van der Waals surface area contributed by atoms with E-state index in [1.54, 1.807) is 12.1 Å². The van der Waals surface area contributed by atoms with Gasteiger partial charge in [-0.1, -0.05) is 11.6 Å². The van der Waals surface area contributed by atoms with Gasteiger partial charge in [-0.05, 0) is 25.0 Å². The first-order valence-electron chi connectivity index (χ1n) is 5.79.